The lowest BCUT2D eigenvalue weighted by atomic mass is 10.1. The standard InChI is InChI=1S/C19H19N3O2/c1-3-22(11-14-7-5-4-6-8-14)12-15-13(2)9-10-16-17(15)21-19(24)18(23)20-16/h3-10H,1,11-12H2,2H3,(H,20,23)(H,21,24). The lowest BCUT2D eigenvalue weighted by Crippen LogP contribution is -2.29. The molecule has 0 aliphatic carbocycles. The third-order valence-corrected chi connectivity index (χ3v) is 4.09. The summed E-state index contributed by atoms with van der Waals surface area (Å²) < 4.78 is 0. The summed E-state index contributed by atoms with van der Waals surface area (Å²) in [5, 5.41) is 0. The first-order chi connectivity index (χ1) is 11.6. The highest BCUT2D eigenvalue weighted by atomic mass is 16.2. The molecule has 122 valence electrons. The van der Waals surface area contributed by atoms with Crippen LogP contribution in [-0.4, -0.2) is 14.9 Å². The van der Waals surface area contributed by atoms with Crippen molar-refractivity contribution in [1.82, 2.24) is 14.9 Å². The molecule has 0 radical (unpaired) electrons. The van der Waals surface area contributed by atoms with E-state index in [0.29, 0.717) is 24.1 Å². The van der Waals surface area contributed by atoms with E-state index in [1.165, 1.54) is 5.56 Å². The lowest BCUT2D eigenvalue weighted by Gasteiger charge is -2.22. The summed E-state index contributed by atoms with van der Waals surface area (Å²) in [6, 6.07) is 13.9. The minimum atomic E-state index is -0.637. The second kappa shape index (κ2) is 6.58. The molecule has 3 rings (SSSR count). The van der Waals surface area contributed by atoms with Gasteiger partial charge in [-0.2, -0.15) is 0 Å². The molecule has 0 saturated carbocycles. The highest BCUT2D eigenvalue weighted by molar-refractivity contribution is 5.78. The number of H-pyrrole nitrogens is 2. The molecule has 5 nitrogen and oxygen atoms in total. The number of aromatic amines is 2. The van der Waals surface area contributed by atoms with Crippen LogP contribution in [0.15, 0.2) is 64.8 Å². The number of nitrogens with zero attached hydrogens (tertiary/aromatic N) is 1. The molecule has 0 bridgehead atoms. The van der Waals surface area contributed by atoms with Crippen molar-refractivity contribution in [2.75, 3.05) is 0 Å². The number of aromatic nitrogens is 2. The molecule has 0 aliphatic heterocycles. The van der Waals surface area contributed by atoms with Crippen molar-refractivity contribution >= 4 is 11.0 Å². The van der Waals surface area contributed by atoms with Crippen molar-refractivity contribution in [1.29, 1.82) is 0 Å². The van der Waals surface area contributed by atoms with Gasteiger partial charge in [0.05, 0.1) is 11.0 Å². The summed E-state index contributed by atoms with van der Waals surface area (Å²) in [4.78, 5) is 30.6. The molecule has 0 fully saturated rings. The molecule has 5 heteroatoms. The Labute approximate surface area is 139 Å². The predicted octanol–water partition coefficient (Wildman–Crippen LogP) is 2.67. The maximum atomic E-state index is 11.7. The number of fused-ring (bicyclic) bond motifs is 1. The van der Waals surface area contributed by atoms with Gasteiger partial charge < -0.3 is 14.9 Å². The molecule has 3 aromatic rings. The minimum Gasteiger partial charge on any atom is -0.369 e. The molecular weight excluding hydrogens is 302 g/mol. The van der Waals surface area contributed by atoms with Crippen LogP contribution < -0.4 is 11.1 Å². The number of nitrogens with one attached hydrogen (secondary N) is 2. The Morgan fingerprint density at radius 2 is 1.71 bits per heavy atom. The zero-order chi connectivity index (χ0) is 17.1. The lowest BCUT2D eigenvalue weighted by molar-refractivity contribution is 0.363. The summed E-state index contributed by atoms with van der Waals surface area (Å²) in [7, 11) is 0. The summed E-state index contributed by atoms with van der Waals surface area (Å²) in [6.45, 7) is 7.18. The number of benzene rings is 2. The van der Waals surface area contributed by atoms with Gasteiger partial charge >= 0.3 is 11.1 Å². The van der Waals surface area contributed by atoms with Gasteiger partial charge in [0.25, 0.3) is 0 Å². The monoisotopic (exact) mass is 321 g/mol. The van der Waals surface area contributed by atoms with Crippen molar-refractivity contribution in [2.24, 2.45) is 0 Å². The van der Waals surface area contributed by atoms with E-state index in [0.717, 1.165) is 11.1 Å². The van der Waals surface area contributed by atoms with Gasteiger partial charge in [-0.05, 0) is 35.9 Å². The van der Waals surface area contributed by atoms with E-state index >= 15 is 0 Å². The summed E-state index contributed by atoms with van der Waals surface area (Å²) in [6.07, 6.45) is 1.79. The van der Waals surface area contributed by atoms with Gasteiger partial charge in [-0.25, -0.2) is 0 Å². The van der Waals surface area contributed by atoms with E-state index in [-0.39, 0.29) is 0 Å². The Morgan fingerprint density at radius 1 is 1.00 bits per heavy atom. The van der Waals surface area contributed by atoms with Gasteiger partial charge in [-0.1, -0.05) is 43.0 Å². The minimum absolute atomic E-state index is 0.587. The van der Waals surface area contributed by atoms with Crippen molar-refractivity contribution in [3.63, 3.8) is 0 Å². The molecule has 0 spiro atoms. The molecule has 0 saturated heterocycles. The molecule has 2 N–H and O–H groups in total. The van der Waals surface area contributed by atoms with Crippen LogP contribution in [0.3, 0.4) is 0 Å². The fourth-order valence-electron chi connectivity index (χ4n) is 2.76. The normalized spacial score (nSPS) is 10.7. The maximum Gasteiger partial charge on any atom is 0.314 e. The van der Waals surface area contributed by atoms with Crippen LogP contribution >= 0.6 is 0 Å². The molecule has 2 aromatic carbocycles. The zero-order valence-electron chi connectivity index (χ0n) is 13.5. The third kappa shape index (κ3) is 3.15. The average Bonchev–Trinajstić information content (AvgIpc) is 2.59. The first-order valence-electron chi connectivity index (χ1n) is 7.74. The molecule has 1 aromatic heterocycles. The van der Waals surface area contributed by atoms with Gasteiger partial charge in [0.15, 0.2) is 0 Å². The van der Waals surface area contributed by atoms with Gasteiger partial charge in [0.1, 0.15) is 0 Å². The summed E-state index contributed by atoms with van der Waals surface area (Å²) in [5.41, 5.74) is 3.21. The van der Waals surface area contributed by atoms with Crippen molar-refractivity contribution in [3.05, 3.63) is 92.6 Å². The summed E-state index contributed by atoms with van der Waals surface area (Å²) in [5.74, 6) is 0. The van der Waals surface area contributed by atoms with E-state index < -0.39 is 11.1 Å². The number of hydrogen-bond donors (Lipinski definition) is 2. The molecule has 24 heavy (non-hydrogen) atoms. The first-order valence-corrected chi connectivity index (χ1v) is 7.74. The molecular formula is C19H19N3O2. The third-order valence-electron chi connectivity index (χ3n) is 4.09. The highest BCUT2D eigenvalue weighted by Gasteiger charge is 2.11. The second-order valence-corrected chi connectivity index (χ2v) is 5.76. The molecule has 0 unspecified atom stereocenters. The van der Waals surface area contributed by atoms with E-state index in [1.807, 2.05) is 31.2 Å². The Bertz CT molecular complexity index is 987. The van der Waals surface area contributed by atoms with Crippen molar-refractivity contribution in [2.45, 2.75) is 20.0 Å². The smallest absolute Gasteiger partial charge is 0.314 e. The molecule has 0 aliphatic rings. The van der Waals surface area contributed by atoms with Gasteiger partial charge in [0, 0.05) is 13.1 Å². The predicted molar refractivity (Wildman–Crippen MR) is 95.8 cm³/mol. The van der Waals surface area contributed by atoms with Gasteiger partial charge in [-0.3, -0.25) is 9.59 Å². The number of aryl methyl sites for hydroxylation is 1. The second-order valence-electron chi connectivity index (χ2n) is 5.76. The maximum absolute atomic E-state index is 11.7. The Hall–Kier alpha value is -3.08. The van der Waals surface area contributed by atoms with Crippen LogP contribution in [0.2, 0.25) is 0 Å². The topological polar surface area (TPSA) is 69.0 Å². The van der Waals surface area contributed by atoms with Crippen LogP contribution in [0, 0.1) is 6.92 Å². The molecule has 0 atom stereocenters. The molecule has 1 heterocycles. The van der Waals surface area contributed by atoms with Gasteiger partial charge in [-0.15, -0.1) is 0 Å². The van der Waals surface area contributed by atoms with Crippen LogP contribution in [0.1, 0.15) is 16.7 Å². The summed E-state index contributed by atoms with van der Waals surface area (Å²) >= 11 is 0. The van der Waals surface area contributed by atoms with Crippen LogP contribution in [0.5, 0.6) is 0 Å². The quantitative estimate of drug-likeness (QED) is 0.710. The zero-order valence-corrected chi connectivity index (χ0v) is 13.5. The van der Waals surface area contributed by atoms with E-state index in [2.05, 4.69) is 33.6 Å². The van der Waals surface area contributed by atoms with Crippen molar-refractivity contribution in [3.8, 4) is 0 Å². The van der Waals surface area contributed by atoms with E-state index in [9.17, 15) is 9.59 Å². The van der Waals surface area contributed by atoms with Crippen molar-refractivity contribution < 1.29 is 0 Å². The van der Waals surface area contributed by atoms with E-state index in [1.54, 1.807) is 12.3 Å². The van der Waals surface area contributed by atoms with Gasteiger partial charge in [0.2, 0.25) is 0 Å². The number of rotatable bonds is 5. The Kier molecular flexibility index (Phi) is 4.33. The van der Waals surface area contributed by atoms with Crippen LogP contribution in [0.25, 0.3) is 11.0 Å². The van der Waals surface area contributed by atoms with Crippen LogP contribution in [-0.2, 0) is 13.1 Å². The fourth-order valence-corrected chi connectivity index (χ4v) is 2.76. The SMILES string of the molecule is C=CN(Cc1ccccc1)Cc1c(C)ccc2[nH]c(=O)c(=O)[nH]c12. The first kappa shape index (κ1) is 15.8. The number of hydrogen-bond acceptors (Lipinski definition) is 3. The largest absolute Gasteiger partial charge is 0.369 e. The molecule has 0 amide bonds. The Balaban J connectivity index is 2.00. The Morgan fingerprint density at radius 3 is 2.42 bits per heavy atom. The highest BCUT2D eigenvalue weighted by Crippen LogP contribution is 2.20. The van der Waals surface area contributed by atoms with E-state index in [4.69, 9.17) is 0 Å². The van der Waals surface area contributed by atoms with Crippen LogP contribution in [0.4, 0.5) is 0 Å². The average molecular weight is 321 g/mol. The fraction of sp³-hybridized carbons (Fsp3) is 0.158.